The number of hydrogen-bond donors (Lipinski definition) is 1. The summed E-state index contributed by atoms with van der Waals surface area (Å²) in [6, 6.07) is 3.45. The molecule has 1 N–H and O–H groups in total. The predicted molar refractivity (Wildman–Crippen MR) is 56.8 cm³/mol. The molecule has 0 unspecified atom stereocenters. The van der Waals surface area contributed by atoms with Crippen LogP contribution in [0.4, 0.5) is 0 Å². The van der Waals surface area contributed by atoms with Crippen LogP contribution in [0.1, 0.15) is 41.8 Å². The second kappa shape index (κ2) is 4.27. The minimum absolute atomic E-state index is 0.165. The first-order valence-corrected chi connectivity index (χ1v) is 5.05. The van der Waals surface area contributed by atoms with E-state index in [1.807, 2.05) is 20.8 Å². The van der Waals surface area contributed by atoms with Crippen molar-refractivity contribution in [3.63, 3.8) is 0 Å². The maximum absolute atomic E-state index is 11.3. The van der Waals surface area contributed by atoms with E-state index in [1.54, 1.807) is 12.1 Å². The van der Waals surface area contributed by atoms with Gasteiger partial charge in [0.2, 0.25) is 0 Å². The molecule has 0 saturated heterocycles. The Balaban J connectivity index is 0.000000461. The van der Waals surface area contributed by atoms with Gasteiger partial charge in [-0.3, -0.25) is 4.79 Å². The van der Waals surface area contributed by atoms with E-state index >= 15 is 0 Å². The number of benzene rings is 1. The van der Waals surface area contributed by atoms with Gasteiger partial charge >= 0.3 is 0 Å². The van der Waals surface area contributed by atoms with Crippen molar-refractivity contribution in [3.8, 4) is 5.75 Å². The molecule has 0 saturated carbocycles. The van der Waals surface area contributed by atoms with Crippen LogP contribution in [0.25, 0.3) is 0 Å². The summed E-state index contributed by atoms with van der Waals surface area (Å²) in [5.41, 5.74) is 2.56. The molecule has 0 aliphatic heterocycles. The molecule has 0 bridgehead atoms. The average molecular weight is 192 g/mol. The molecule has 2 nitrogen and oxygen atoms in total. The molecule has 1 aliphatic carbocycles. The Hall–Kier alpha value is -1.31. The maximum Gasteiger partial charge on any atom is 0.163 e. The standard InChI is InChI=1S/C10H10O2.C2H6/c1-6-2-4-8(11)7-3-5-9(12)10(6)7;1-2/h2,4,11H,3,5H2,1H3;1-2H3. The number of carbonyl (C=O) groups is 1. The van der Waals surface area contributed by atoms with Crippen molar-refractivity contribution >= 4 is 5.78 Å². The van der Waals surface area contributed by atoms with Gasteiger partial charge in [0.05, 0.1) is 0 Å². The van der Waals surface area contributed by atoms with Crippen LogP contribution in [0.3, 0.4) is 0 Å². The SMILES string of the molecule is CC.Cc1ccc(O)c2c1C(=O)CC2. The van der Waals surface area contributed by atoms with E-state index in [0.717, 1.165) is 16.7 Å². The van der Waals surface area contributed by atoms with Crippen LogP contribution < -0.4 is 0 Å². The third-order valence-corrected chi connectivity index (χ3v) is 2.38. The lowest BCUT2D eigenvalue weighted by atomic mass is 10.0. The van der Waals surface area contributed by atoms with E-state index in [-0.39, 0.29) is 11.5 Å². The van der Waals surface area contributed by atoms with Crippen LogP contribution in [-0.2, 0) is 6.42 Å². The van der Waals surface area contributed by atoms with E-state index in [9.17, 15) is 9.90 Å². The van der Waals surface area contributed by atoms with Gasteiger partial charge < -0.3 is 5.11 Å². The zero-order valence-corrected chi connectivity index (χ0v) is 8.92. The number of carbonyl (C=O) groups excluding carboxylic acids is 1. The van der Waals surface area contributed by atoms with Gasteiger partial charge in [-0.15, -0.1) is 0 Å². The average Bonchev–Trinajstić information content (AvgIpc) is 2.59. The van der Waals surface area contributed by atoms with Crippen molar-refractivity contribution in [2.45, 2.75) is 33.6 Å². The lowest BCUT2D eigenvalue weighted by Crippen LogP contribution is -1.94. The number of fused-ring (bicyclic) bond motifs is 1. The van der Waals surface area contributed by atoms with Crippen LogP contribution in [0.5, 0.6) is 5.75 Å². The summed E-state index contributed by atoms with van der Waals surface area (Å²) in [7, 11) is 0. The van der Waals surface area contributed by atoms with Crippen LogP contribution in [0.2, 0.25) is 0 Å². The molecule has 1 aromatic rings. The molecule has 2 heteroatoms. The molecule has 0 atom stereocenters. The third kappa shape index (κ3) is 1.65. The summed E-state index contributed by atoms with van der Waals surface area (Å²) in [4.78, 5) is 11.3. The highest BCUT2D eigenvalue weighted by Gasteiger charge is 2.23. The summed E-state index contributed by atoms with van der Waals surface area (Å²) in [6.45, 7) is 5.90. The molecule has 0 heterocycles. The fourth-order valence-electron chi connectivity index (χ4n) is 1.76. The quantitative estimate of drug-likeness (QED) is 0.686. The smallest absolute Gasteiger partial charge is 0.163 e. The first-order valence-electron chi connectivity index (χ1n) is 5.05. The van der Waals surface area contributed by atoms with Crippen molar-refractivity contribution in [3.05, 3.63) is 28.8 Å². The van der Waals surface area contributed by atoms with E-state index in [0.29, 0.717) is 12.8 Å². The molecule has 0 radical (unpaired) electrons. The maximum atomic E-state index is 11.3. The van der Waals surface area contributed by atoms with Crippen LogP contribution in [0, 0.1) is 6.92 Å². The number of aromatic hydroxyl groups is 1. The predicted octanol–water partition coefficient (Wildman–Crippen LogP) is 2.86. The van der Waals surface area contributed by atoms with E-state index in [1.165, 1.54) is 0 Å². The second-order valence-corrected chi connectivity index (χ2v) is 3.18. The highest BCUT2D eigenvalue weighted by Crippen LogP contribution is 2.31. The topological polar surface area (TPSA) is 37.3 Å². The highest BCUT2D eigenvalue weighted by molar-refractivity contribution is 6.02. The number of phenols is 1. The normalized spacial score (nSPS) is 13.2. The minimum atomic E-state index is 0.165. The van der Waals surface area contributed by atoms with Crippen LogP contribution >= 0.6 is 0 Å². The Morgan fingerprint density at radius 3 is 2.43 bits per heavy atom. The lowest BCUT2D eigenvalue weighted by molar-refractivity contribution is 0.0994. The number of rotatable bonds is 0. The summed E-state index contributed by atoms with van der Waals surface area (Å²) < 4.78 is 0. The Labute approximate surface area is 84.6 Å². The zero-order chi connectivity index (χ0) is 10.7. The van der Waals surface area contributed by atoms with Crippen molar-refractivity contribution < 1.29 is 9.90 Å². The Morgan fingerprint density at radius 1 is 1.21 bits per heavy atom. The molecule has 0 fully saturated rings. The molecule has 0 spiro atoms. The Kier molecular flexibility index (Phi) is 3.28. The van der Waals surface area contributed by atoms with Crippen molar-refractivity contribution in [2.75, 3.05) is 0 Å². The molecule has 0 amide bonds. The highest BCUT2D eigenvalue weighted by atomic mass is 16.3. The van der Waals surface area contributed by atoms with Gasteiger partial charge in [-0.2, -0.15) is 0 Å². The van der Waals surface area contributed by atoms with Gasteiger partial charge in [0.25, 0.3) is 0 Å². The van der Waals surface area contributed by atoms with E-state index < -0.39 is 0 Å². The summed E-state index contributed by atoms with van der Waals surface area (Å²) >= 11 is 0. The number of Topliss-reactive ketones (excluding diaryl/α,β-unsaturated/α-hetero) is 1. The fraction of sp³-hybridized carbons (Fsp3) is 0.417. The molecule has 1 aromatic carbocycles. The summed E-state index contributed by atoms with van der Waals surface area (Å²) in [5, 5.41) is 9.42. The molecule has 76 valence electrons. The number of ketones is 1. The number of aryl methyl sites for hydroxylation is 1. The fourth-order valence-corrected chi connectivity index (χ4v) is 1.76. The molecular formula is C12H16O2. The monoisotopic (exact) mass is 192 g/mol. The van der Waals surface area contributed by atoms with Gasteiger partial charge in [-0.25, -0.2) is 0 Å². The molecule has 1 aliphatic rings. The lowest BCUT2D eigenvalue weighted by Gasteiger charge is -2.03. The first kappa shape index (κ1) is 10.8. The van der Waals surface area contributed by atoms with Gasteiger partial charge in [-0.1, -0.05) is 19.9 Å². The molecule has 0 aromatic heterocycles. The Bertz CT molecular complexity index is 354. The molecular weight excluding hydrogens is 176 g/mol. The van der Waals surface area contributed by atoms with Gasteiger partial charge in [0, 0.05) is 17.5 Å². The summed E-state index contributed by atoms with van der Waals surface area (Å²) in [6.07, 6.45) is 1.25. The van der Waals surface area contributed by atoms with Gasteiger partial charge in [-0.05, 0) is 25.0 Å². The summed E-state index contributed by atoms with van der Waals surface area (Å²) in [5.74, 6) is 0.430. The van der Waals surface area contributed by atoms with Crippen LogP contribution in [-0.4, -0.2) is 10.9 Å². The Morgan fingerprint density at radius 2 is 1.86 bits per heavy atom. The first-order chi connectivity index (χ1) is 6.70. The third-order valence-electron chi connectivity index (χ3n) is 2.38. The van der Waals surface area contributed by atoms with E-state index in [2.05, 4.69) is 0 Å². The van der Waals surface area contributed by atoms with Crippen molar-refractivity contribution in [1.82, 2.24) is 0 Å². The zero-order valence-electron chi connectivity index (χ0n) is 8.92. The number of phenolic OH excluding ortho intramolecular Hbond substituents is 1. The van der Waals surface area contributed by atoms with Crippen molar-refractivity contribution in [1.29, 1.82) is 0 Å². The van der Waals surface area contributed by atoms with Gasteiger partial charge in [0.15, 0.2) is 5.78 Å². The van der Waals surface area contributed by atoms with Crippen molar-refractivity contribution in [2.24, 2.45) is 0 Å². The molecule has 14 heavy (non-hydrogen) atoms. The molecule has 2 rings (SSSR count). The second-order valence-electron chi connectivity index (χ2n) is 3.18. The minimum Gasteiger partial charge on any atom is -0.508 e. The van der Waals surface area contributed by atoms with Gasteiger partial charge in [0.1, 0.15) is 5.75 Å². The largest absolute Gasteiger partial charge is 0.508 e. The van der Waals surface area contributed by atoms with E-state index in [4.69, 9.17) is 0 Å². The van der Waals surface area contributed by atoms with Crippen LogP contribution in [0.15, 0.2) is 12.1 Å². The number of hydrogen-bond acceptors (Lipinski definition) is 2.